The SMILES string of the molecule is CC(C)(C)OC(=O)NC(CN)CCc1ccc(O)cc1. The van der Waals surface area contributed by atoms with E-state index in [1.807, 2.05) is 32.9 Å². The van der Waals surface area contributed by atoms with Crippen molar-refractivity contribution in [2.45, 2.75) is 45.3 Å². The topological polar surface area (TPSA) is 84.6 Å². The summed E-state index contributed by atoms with van der Waals surface area (Å²) in [6, 6.07) is 6.88. The Bertz CT molecular complexity index is 424. The fraction of sp³-hybridized carbons (Fsp3) is 0.533. The van der Waals surface area contributed by atoms with Crippen LogP contribution in [-0.4, -0.2) is 29.4 Å². The number of alkyl carbamates (subject to hydrolysis) is 1. The molecule has 0 aliphatic heterocycles. The molecule has 5 heteroatoms. The Morgan fingerprint density at radius 3 is 2.45 bits per heavy atom. The summed E-state index contributed by atoms with van der Waals surface area (Å²) in [6.45, 7) is 5.82. The van der Waals surface area contributed by atoms with Crippen LogP contribution in [0.5, 0.6) is 5.75 Å². The van der Waals surface area contributed by atoms with Crippen LogP contribution in [0.1, 0.15) is 32.8 Å². The number of phenols is 1. The van der Waals surface area contributed by atoms with E-state index >= 15 is 0 Å². The van der Waals surface area contributed by atoms with E-state index < -0.39 is 11.7 Å². The second-order valence-corrected chi connectivity index (χ2v) is 5.78. The molecule has 1 aromatic carbocycles. The molecule has 0 saturated heterocycles. The van der Waals surface area contributed by atoms with Gasteiger partial charge in [-0.25, -0.2) is 4.79 Å². The Morgan fingerprint density at radius 2 is 1.95 bits per heavy atom. The summed E-state index contributed by atoms with van der Waals surface area (Å²) < 4.78 is 5.20. The average molecular weight is 280 g/mol. The molecule has 1 aromatic rings. The summed E-state index contributed by atoms with van der Waals surface area (Å²) in [4.78, 5) is 11.7. The maximum atomic E-state index is 11.7. The molecule has 1 amide bonds. The Hall–Kier alpha value is -1.75. The number of hydrogen-bond acceptors (Lipinski definition) is 4. The first-order valence-corrected chi connectivity index (χ1v) is 6.77. The molecule has 0 bridgehead atoms. The van der Waals surface area contributed by atoms with Crippen molar-refractivity contribution in [3.8, 4) is 5.75 Å². The molecule has 0 spiro atoms. The summed E-state index contributed by atoms with van der Waals surface area (Å²) in [5, 5.41) is 12.0. The number of carbonyl (C=O) groups is 1. The molecule has 1 atom stereocenters. The number of aromatic hydroxyl groups is 1. The van der Waals surface area contributed by atoms with Crippen molar-refractivity contribution in [1.29, 1.82) is 0 Å². The predicted octanol–water partition coefficient (Wildman–Crippen LogP) is 2.18. The van der Waals surface area contributed by atoms with Gasteiger partial charge < -0.3 is 20.9 Å². The third-order valence-electron chi connectivity index (χ3n) is 2.72. The molecule has 0 saturated carbocycles. The largest absolute Gasteiger partial charge is 0.508 e. The van der Waals surface area contributed by atoms with Gasteiger partial charge in [-0.3, -0.25) is 0 Å². The van der Waals surface area contributed by atoms with Crippen molar-refractivity contribution in [2.75, 3.05) is 6.54 Å². The molecule has 112 valence electrons. The van der Waals surface area contributed by atoms with Crippen LogP contribution in [0.25, 0.3) is 0 Å². The molecule has 0 aromatic heterocycles. The highest BCUT2D eigenvalue weighted by molar-refractivity contribution is 5.68. The van der Waals surface area contributed by atoms with Crippen molar-refractivity contribution in [3.63, 3.8) is 0 Å². The number of nitrogens with one attached hydrogen (secondary N) is 1. The highest BCUT2D eigenvalue weighted by Gasteiger charge is 2.18. The number of benzene rings is 1. The van der Waals surface area contributed by atoms with Gasteiger partial charge in [0.05, 0.1) is 0 Å². The molecule has 0 aliphatic carbocycles. The molecular weight excluding hydrogens is 256 g/mol. The summed E-state index contributed by atoms with van der Waals surface area (Å²) >= 11 is 0. The molecule has 0 aliphatic rings. The lowest BCUT2D eigenvalue weighted by Crippen LogP contribution is -2.43. The summed E-state index contributed by atoms with van der Waals surface area (Å²) in [5.41, 5.74) is 6.24. The lowest BCUT2D eigenvalue weighted by Gasteiger charge is -2.23. The van der Waals surface area contributed by atoms with Crippen molar-refractivity contribution in [1.82, 2.24) is 5.32 Å². The smallest absolute Gasteiger partial charge is 0.407 e. The Balaban J connectivity index is 2.43. The maximum absolute atomic E-state index is 11.7. The molecule has 0 radical (unpaired) electrons. The summed E-state index contributed by atoms with van der Waals surface area (Å²) in [6.07, 6.45) is 1.05. The zero-order valence-electron chi connectivity index (χ0n) is 12.3. The van der Waals surface area contributed by atoms with Crippen LogP contribution >= 0.6 is 0 Å². The van der Waals surface area contributed by atoms with Gasteiger partial charge in [-0.05, 0) is 51.3 Å². The van der Waals surface area contributed by atoms with Gasteiger partial charge in [-0.1, -0.05) is 12.1 Å². The normalized spacial score (nSPS) is 12.8. The number of aryl methyl sites for hydroxylation is 1. The molecule has 1 unspecified atom stereocenters. The van der Waals surface area contributed by atoms with Gasteiger partial charge in [0.25, 0.3) is 0 Å². The third-order valence-corrected chi connectivity index (χ3v) is 2.72. The van der Waals surface area contributed by atoms with Crippen molar-refractivity contribution in [3.05, 3.63) is 29.8 Å². The number of rotatable bonds is 5. The molecule has 1 rings (SSSR count). The average Bonchev–Trinajstić information content (AvgIpc) is 2.34. The standard InChI is InChI=1S/C15H24N2O3/c1-15(2,3)20-14(19)17-12(10-16)7-4-11-5-8-13(18)9-6-11/h5-6,8-9,12,18H,4,7,10,16H2,1-3H3,(H,17,19). The number of amides is 1. The fourth-order valence-electron chi connectivity index (χ4n) is 1.73. The first kappa shape index (κ1) is 16.3. The molecule has 0 fully saturated rings. The highest BCUT2D eigenvalue weighted by atomic mass is 16.6. The molecule has 20 heavy (non-hydrogen) atoms. The van der Waals surface area contributed by atoms with E-state index in [9.17, 15) is 9.90 Å². The van der Waals surface area contributed by atoms with Crippen molar-refractivity contribution < 1.29 is 14.6 Å². The lowest BCUT2D eigenvalue weighted by atomic mass is 10.1. The van der Waals surface area contributed by atoms with Crippen LogP contribution in [0, 0.1) is 0 Å². The van der Waals surface area contributed by atoms with Gasteiger partial charge in [0.1, 0.15) is 11.4 Å². The summed E-state index contributed by atoms with van der Waals surface area (Å²) in [5.74, 6) is 0.246. The Morgan fingerprint density at radius 1 is 1.35 bits per heavy atom. The molecule has 4 N–H and O–H groups in total. The fourth-order valence-corrected chi connectivity index (χ4v) is 1.73. The Labute approximate surface area is 120 Å². The van der Waals surface area contributed by atoms with Gasteiger partial charge in [0.15, 0.2) is 0 Å². The minimum atomic E-state index is -0.514. The zero-order chi connectivity index (χ0) is 15.2. The van der Waals surface area contributed by atoms with Crippen molar-refractivity contribution in [2.24, 2.45) is 5.73 Å². The van der Waals surface area contributed by atoms with Crippen LogP contribution in [0.4, 0.5) is 4.79 Å². The quantitative estimate of drug-likeness (QED) is 0.771. The van der Waals surface area contributed by atoms with Gasteiger partial charge >= 0.3 is 6.09 Å². The maximum Gasteiger partial charge on any atom is 0.407 e. The van der Waals surface area contributed by atoms with E-state index in [0.717, 1.165) is 18.4 Å². The first-order valence-electron chi connectivity index (χ1n) is 6.77. The molecule has 0 heterocycles. The number of carbonyl (C=O) groups excluding carboxylic acids is 1. The summed E-state index contributed by atoms with van der Waals surface area (Å²) in [7, 11) is 0. The van der Waals surface area contributed by atoms with Crippen molar-refractivity contribution >= 4 is 6.09 Å². The first-order chi connectivity index (χ1) is 9.30. The van der Waals surface area contributed by atoms with Crippen LogP contribution in [0.2, 0.25) is 0 Å². The second kappa shape index (κ2) is 7.14. The van der Waals surface area contributed by atoms with Gasteiger partial charge in [-0.2, -0.15) is 0 Å². The number of ether oxygens (including phenoxy) is 1. The number of nitrogens with two attached hydrogens (primary N) is 1. The number of hydrogen-bond donors (Lipinski definition) is 3. The van der Waals surface area contributed by atoms with E-state index in [4.69, 9.17) is 10.5 Å². The van der Waals surface area contributed by atoms with Crippen LogP contribution < -0.4 is 11.1 Å². The predicted molar refractivity (Wildman–Crippen MR) is 78.6 cm³/mol. The zero-order valence-corrected chi connectivity index (χ0v) is 12.3. The second-order valence-electron chi connectivity index (χ2n) is 5.78. The van der Waals surface area contributed by atoms with Crippen LogP contribution in [0.15, 0.2) is 24.3 Å². The third kappa shape index (κ3) is 6.43. The van der Waals surface area contributed by atoms with Crippen LogP contribution in [-0.2, 0) is 11.2 Å². The molecule has 5 nitrogen and oxygen atoms in total. The monoisotopic (exact) mass is 280 g/mol. The van der Waals surface area contributed by atoms with E-state index in [0.29, 0.717) is 6.54 Å². The van der Waals surface area contributed by atoms with Gasteiger partial charge in [0.2, 0.25) is 0 Å². The van der Waals surface area contributed by atoms with Gasteiger partial charge in [0, 0.05) is 12.6 Å². The lowest BCUT2D eigenvalue weighted by molar-refractivity contribution is 0.0503. The highest BCUT2D eigenvalue weighted by Crippen LogP contribution is 2.12. The number of phenolic OH excluding ortho intramolecular Hbond substituents is 1. The van der Waals surface area contributed by atoms with Gasteiger partial charge in [-0.15, -0.1) is 0 Å². The van der Waals surface area contributed by atoms with E-state index in [2.05, 4.69) is 5.32 Å². The minimum absolute atomic E-state index is 0.126. The van der Waals surface area contributed by atoms with E-state index in [1.165, 1.54) is 0 Å². The Kier molecular flexibility index (Phi) is 5.82. The van der Waals surface area contributed by atoms with Crippen LogP contribution in [0.3, 0.4) is 0 Å². The van der Waals surface area contributed by atoms with E-state index in [-0.39, 0.29) is 11.8 Å². The van der Waals surface area contributed by atoms with E-state index in [1.54, 1.807) is 12.1 Å². The minimum Gasteiger partial charge on any atom is -0.508 e. The molecular formula is C15H24N2O3.